The first-order chi connectivity index (χ1) is 10.5. The lowest BCUT2D eigenvalue weighted by Crippen LogP contribution is -2.32. The Hall–Kier alpha value is -2.30. The minimum atomic E-state index is -4.32. The maximum Gasteiger partial charge on any atom is 0.416 e. The Kier molecular flexibility index (Phi) is 3.64. The zero-order chi connectivity index (χ0) is 15.7. The highest BCUT2D eigenvalue weighted by atomic mass is 19.4. The molecular formula is C17H16F3N2+. The van der Waals surface area contributed by atoms with E-state index in [0.717, 1.165) is 17.1 Å². The molecule has 0 radical (unpaired) electrons. The molecule has 0 fully saturated rings. The van der Waals surface area contributed by atoms with E-state index in [4.69, 9.17) is 0 Å². The van der Waals surface area contributed by atoms with Crippen molar-refractivity contribution < 1.29 is 17.7 Å². The highest BCUT2D eigenvalue weighted by Gasteiger charge is 2.32. The van der Waals surface area contributed by atoms with E-state index >= 15 is 0 Å². The molecule has 0 saturated heterocycles. The molecule has 1 aromatic heterocycles. The van der Waals surface area contributed by atoms with E-state index in [-0.39, 0.29) is 0 Å². The molecule has 5 heteroatoms. The predicted octanol–water partition coefficient (Wildman–Crippen LogP) is 4.02. The smallest absolute Gasteiger partial charge is 0.230 e. The van der Waals surface area contributed by atoms with Crippen molar-refractivity contribution in [2.45, 2.75) is 26.2 Å². The van der Waals surface area contributed by atoms with Crippen molar-refractivity contribution in [1.29, 1.82) is 0 Å². The number of benzene rings is 2. The van der Waals surface area contributed by atoms with E-state index < -0.39 is 11.7 Å². The summed E-state index contributed by atoms with van der Waals surface area (Å²) in [7, 11) is 0. The molecule has 3 aromatic rings. The summed E-state index contributed by atoms with van der Waals surface area (Å²) in [6, 6.07) is 13.8. The zero-order valence-corrected chi connectivity index (χ0v) is 12.1. The average molecular weight is 305 g/mol. The van der Waals surface area contributed by atoms with E-state index in [2.05, 4.69) is 0 Å². The van der Waals surface area contributed by atoms with Gasteiger partial charge in [0.1, 0.15) is 6.54 Å². The number of nitrogens with zero attached hydrogens (tertiary/aromatic N) is 2. The van der Waals surface area contributed by atoms with Crippen molar-refractivity contribution in [1.82, 2.24) is 4.57 Å². The van der Waals surface area contributed by atoms with Crippen LogP contribution < -0.4 is 4.57 Å². The van der Waals surface area contributed by atoms with E-state index in [0.29, 0.717) is 18.6 Å². The molecule has 0 aliphatic heterocycles. The van der Waals surface area contributed by atoms with Crippen LogP contribution in [0, 0.1) is 0 Å². The lowest BCUT2D eigenvalue weighted by molar-refractivity contribution is -0.663. The molecule has 114 valence electrons. The molecule has 0 atom stereocenters. The SMILES string of the molecule is CCn1c[n+](Cc2ccccc2)c2ccc(C(F)(F)F)cc21. The van der Waals surface area contributed by atoms with Gasteiger partial charge in [-0.05, 0) is 24.6 Å². The van der Waals surface area contributed by atoms with Crippen LogP contribution in [0.15, 0.2) is 54.9 Å². The van der Waals surface area contributed by atoms with Gasteiger partial charge in [-0.1, -0.05) is 30.3 Å². The summed E-state index contributed by atoms with van der Waals surface area (Å²) in [6.07, 6.45) is -2.45. The normalized spacial score (nSPS) is 12.0. The maximum absolute atomic E-state index is 12.9. The van der Waals surface area contributed by atoms with E-state index in [1.54, 1.807) is 6.07 Å². The quantitative estimate of drug-likeness (QED) is 0.646. The molecule has 1 heterocycles. The number of alkyl halides is 3. The fraction of sp³-hybridized carbons (Fsp3) is 0.235. The minimum Gasteiger partial charge on any atom is -0.230 e. The van der Waals surface area contributed by atoms with Crippen LogP contribution in [0.2, 0.25) is 0 Å². The van der Waals surface area contributed by atoms with Crippen LogP contribution in [0.5, 0.6) is 0 Å². The summed E-state index contributed by atoms with van der Waals surface area (Å²) in [5, 5.41) is 0. The monoisotopic (exact) mass is 305 g/mol. The van der Waals surface area contributed by atoms with Crippen molar-refractivity contribution >= 4 is 11.0 Å². The molecule has 0 aliphatic rings. The van der Waals surface area contributed by atoms with E-state index in [1.807, 2.05) is 52.7 Å². The zero-order valence-electron chi connectivity index (χ0n) is 12.1. The molecule has 0 amide bonds. The van der Waals surface area contributed by atoms with Crippen LogP contribution in [0.1, 0.15) is 18.1 Å². The first-order valence-corrected chi connectivity index (χ1v) is 7.12. The fourth-order valence-electron chi connectivity index (χ4n) is 2.62. The van der Waals surface area contributed by atoms with E-state index in [1.165, 1.54) is 6.07 Å². The maximum atomic E-state index is 12.9. The Labute approximate surface area is 126 Å². The van der Waals surface area contributed by atoms with Crippen LogP contribution in [0.4, 0.5) is 13.2 Å². The molecule has 0 bridgehead atoms. The largest absolute Gasteiger partial charge is 0.416 e. The first-order valence-electron chi connectivity index (χ1n) is 7.12. The number of halogens is 3. The van der Waals surface area contributed by atoms with Gasteiger partial charge in [0.05, 0.1) is 12.1 Å². The van der Waals surface area contributed by atoms with Gasteiger partial charge in [0.25, 0.3) is 0 Å². The number of fused-ring (bicyclic) bond motifs is 1. The second-order valence-electron chi connectivity index (χ2n) is 5.22. The van der Waals surface area contributed by atoms with Crippen molar-refractivity contribution in [3.05, 3.63) is 66.0 Å². The molecule has 2 nitrogen and oxygen atoms in total. The topological polar surface area (TPSA) is 8.81 Å². The lowest BCUT2D eigenvalue weighted by atomic mass is 10.2. The van der Waals surface area contributed by atoms with Gasteiger partial charge in [-0.3, -0.25) is 0 Å². The molecular weight excluding hydrogens is 289 g/mol. The van der Waals surface area contributed by atoms with Gasteiger partial charge in [-0.25, -0.2) is 9.13 Å². The van der Waals surface area contributed by atoms with Gasteiger partial charge in [0.2, 0.25) is 6.33 Å². The third-order valence-corrected chi connectivity index (χ3v) is 3.74. The van der Waals surface area contributed by atoms with Crippen LogP contribution in [-0.2, 0) is 19.3 Å². The second-order valence-corrected chi connectivity index (χ2v) is 5.22. The van der Waals surface area contributed by atoms with Gasteiger partial charge < -0.3 is 0 Å². The number of aryl methyl sites for hydroxylation is 1. The standard InChI is InChI=1S/C17H16F3N2/c1-2-21-12-22(11-13-6-4-3-5-7-13)15-9-8-14(10-16(15)21)17(18,19)20/h3-10,12H,2,11H2,1H3/q+1. The van der Waals surface area contributed by atoms with Gasteiger partial charge in [0.15, 0.2) is 11.0 Å². The van der Waals surface area contributed by atoms with Crippen LogP contribution >= 0.6 is 0 Å². The summed E-state index contributed by atoms with van der Waals surface area (Å²) < 4.78 is 42.5. The Morgan fingerprint density at radius 3 is 2.41 bits per heavy atom. The summed E-state index contributed by atoms with van der Waals surface area (Å²) in [5.41, 5.74) is 1.91. The minimum absolute atomic E-state index is 0.605. The highest BCUT2D eigenvalue weighted by molar-refractivity contribution is 5.73. The third kappa shape index (κ3) is 2.71. The number of hydrogen-bond donors (Lipinski definition) is 0. The molecule has 22 heavy (non-hydrogen) atoms. The Morgan fingerprint density at radius 2 is 1.77 bits per heavy atom. The second kappa shape index (κ2) is 5.48. The highest BCUT2D eigenvalue weighted by Crippen LogP contribution is 2.31. The average Bonchev–Trinajstić information content (AvgIpc) is 2.85. The van der Waals surface area contributed by atoms with Crippen molar-refractivity contribution in [2.75, 3.05) is 0 Å². The Balaban J connectivity index is 2.09. The predicted molar refractivity (Wildman–Crippen MR) is 78.4 cm³/mol. The number of aromatic nitrogens is 2. The number of imidazole rings is 1. The van der Waals surface area contributed by atoms with Crippen molar-refractivity contribution in [2.24, 2.45) is 0 Å². The van der Waals surface area contributed by atoms with Gasteiger partial charge in [-0.2, -0.15) is 13.2 Å². The van der Waals surface area contributed by atoms with Crippen molar-refractivity contribution in [3.63, 3.8) is 0 Å². The fourth-order valence-corrected chi connectivity index (χ4v) is 2.62. The van der Waals surface area contributed by atoms with E-state index in [9.17, 15) is 13.2 Å². The van der Waals surface area contributed by atoms with Crippen LogP contribution in [0.3, 0.4) is 0 Å². The summed E-state index contributed by atoms with van der Waals surface area (Å²) in [6.45, 7) is 3.18. The van der Waals surface area contributed by atoms with Crippen molar-refractivity contribution in [3.8, 4) is 0 Å². The van der Waals surface area contributed by atoms with Gasteiger partial charge in [-0.15, -0.1) is 0 Å². The lowest BCUT2D eigenvalue weighted by Gasteiger charge is -2.05. The molecule has 2 aromatic carbocycles. The molecule has 0 aliphatic carbocycles. The third-order valence-electron chi connectivity index (χ3n) is 3.74. The van der Waals surface area contributed by atoms with Gasteiger partial charge >= 0.3 is 6.18 Å². The van der Waals surface area contributed by atoms with Gasteiger partial charge in [0, 0.05) is 6.07 Å². The first kappa shape index (κ1) is 14.6. The Bertz CT molecular complexity index is 789. The molecule has 0 spiro atoms. The number of hydrogen-bond acceptors (Lipinski definition) is 0. The summed E-state index contributed by atoms with van der Waals surface area (Å²) in [4.78, 5) is 0. The molecule has 0 N–H and O–H groups in total. The molecule has 3 rings (SSSR count). The summed E-state index contributed by atoms with van der Waals surface area (Å²) in [5.74, 6) is 0. The molecule has 0 unspecified atom stereocenters. The Morgan fingerprint density at radius 1 is 1.05 bits per heavy atom. The van der Waals surface area contributed by atoms with Crippen LogP contribution in [0.25, 0.3) is 11.0 Å². The molecule has 0 saturated carbocycles. The number of rotatable bonds is 3. The van der Waals surface area contributed by atoms with Crippen LogP contribution in [-0.4, -0.2) is 4.57 Å². The summed E-state index contributed by atoms with van der Waals surface area (Å²) >= 11 is 0.